The number of benzene rings is 1. The molecule has 3 aliphatic rings. The maximum absolute atomic E-state index is 13.4. The summed E-state index contributed by atoms with van der Waals surface area (Å²) in [7, 11) is 2.25. The fourth-order valence-electron chi connectivity index (χ4n) is 5.66. The maximum atomic E-state index is 13.4. The van der Waals surface area contributed by atoms with Crippen LogP contribution in [-0.2, 0) is 6.42 Å². The van der Waals surface area contributed by atoms with Gasteiger partial charge in [-0.2, -0.15) is 0 Å². The van der Waals surface area contributed by atoms with Crippen LogP contribution in [-0.4, -0.2) is 34.9 Å². The lowest BCUT2D eigenvalue weighted by Gasteiger charge is -2.57. The van der Waals surface area contributed by atoms with E-state index in [1.54, 1.807) is 6.20 Å². The molecule has 1 saturated carbocycles. The zero-order valence-electron chi connectivity index (χ0n) is 19.5. The van der Waals surface area contributed by atoms with E-state index >= 15 is 0 Å². The van der Waals surface area contributed by atoms with Crippen LogP contribution in [0.2, 0.25) is 0 Å². The van der Waals surface area contributed by atoms with E-state index in [-0.39, 0.29) is 17.5 Å². The first-order valence-corrected chi connectivity index (χ1v) is 11.9. The van der Waals surface area contributed by atoms with Crippen molar-refractivity contribution >= 4 is 5.91 Å². The van der Waals surface area contributed by atoms with Gasteiger partial charge < -0.3 is 5.32 Å². The molecule has 31 heavy (non-hydrogen) atoms. The van der Waals surface area contributed by atoms with Gasteiger partial charge in [0.15, 0.2) is 0 Å². The van der Waals surface area contributed by atoms with Crippen molar-refractivity contribution in [1.29, 1.82) is 0 Å². The second kappa shape index (κ2) is 9.12. The van der Waals surface area contributed by atoms with Crippen LogP contribution >= 0.6 is 0 Å². The van der Waals surface area contributed by atoms with Gasteiger partial charge in [0.1, 0.15) is 0 Å². The van der Waals surface area contributed by atoms with Crippen molar-refractivity contribution in [2.45, 2.75) is 70.9 Å². The van der Waals surface area contributed by atoms with Crippen LogP contribution in [0.1, 0.15) is 79.2 Å². The number of nitrogens with one attached hydrogen (secondary N) is 1. The summed E-state index contributed by atoms with van der Waals surface area (Å²) in [4.78, 5) is 20.3. The second-order valence-corrected chi connectivity index (χ2v) is 10.1. The number of pyridine rings is 1. The zero-order valence-corrected chi connectivity index (χ0v) is 19.5. The molecule has 1 aliphatic carbocycles. The molecule has 2 saturated heterocycles. The third-order valence-electron chi connectivity index (χ3n) is 7.62. The highest BCUT2D eigenvalue weighted by atomic mass is 16.1. The van der Waals surface area contributed by atoms with Gasteiger partial charge in [-0.3, -0.25) is 14.7 Å². The molecule has 1 aromatic carbocycles. The molecule has 166 valence electrons. The van der Waals surface area contributed by atoms with Gasteiger partial charge in [-0.25, -0.2) is 0 Å². The number of aryl methyl sites for hydroxylation is 2. The van der Waals surface area contributed by atoms with Crippen LogP contribution in [0.3, 0.4) is 0 Å². The number of hydrogen-bond acceptors (Lipinski definition) is 3. The number of carbonyl (C=O) groups excluding carboxylic acids is 1. The molecule has 3 fully saturated rings. The van der Waals surface area contributed by atoms with Crippen LogP contribution in [0, 0.1) is 18.8 Å². The van der Waals surface area contributed by atoms with Crippen molar-refractivity contribution in [3.05, 3.63) is 65.0 Å². The molecule has 0 spiro atoms. The molecule has 1 aromatic heterocycles. The van der Waals surface area contributed by atoms with Gasteiger partial charge in [0.2, 0.25) is 0 Å². The molecule has 3 heterocycles. The Bertz CT molecular complexity index is 914. The molecule has 1 unspecified atom stereocenters. The summed E-state index contributed by atoms with van der Waals surface area (Å²) >= 11 is 0. The lowest BCUT2D eigenvalue weighted by atomic mass is 9.65. The normalized spacial score (nSPS) is 24.4. The lowest BCUT2D eigenvalue weighted by molar-refractivity contribution is -0.0404. The van der Waals surface area contributed by atoms with E-state index in [1.165, 1.54) is 30.4 Å². The van der Waals surface area contributed by atoms with E-state index in [4.69, 9.17) is 0 Å². The number of aromatic nitrogens is 1. The Kier molecular flexibility index (Phi) is 6.47. The summed E-state index contributed by atoms with van der Waals surface area (Å²) < 4.78 is 0. The van der Waals surface area contributed by atoms with Crippen molar-refractivity contribution in [1.82, 2.24) is 15.2 Å². The Morgan fingerprint density at radius 2 is 2.00 bits per heavy atom. The number of hydrogen-bond donors (Lipinski definition) is 1. The first-order chi connectivity index (χ1) is 14.9. The maximum Gasteiger partial charge on any atom is 0.253 e. The predicted molar refractivity (Wildman–Crippen MR) is 126 cm³/mol. The highest BCUT2D eigenvalue weighted by molar-refractivity contribution is 5.95. The first-order valence-electron chi connectivity index (χ1n) is 11.9. The molecule has 0 radical (unpaired) electrons. The number of piperidine rings is 2. The summed E-state index contributed by atoms with van der Waals surface area (Å²) in [5, 5.41) is 3.48. The first kappa shape index (κ1) is 22.0. The highest BCUT2D eigenvalue weighted by Crippen LogP contribution is 2.49. The summed E-state index contributed by atoms with van der Waals surface area (Å²) in [5.74, 6) is 1.48. The number of carbonyl (C=O) groups is 1. The van der Waals surface area contributed by atoms with Gasteiger partial charge in [-0.05, 0) is 87.6 Å². The van der Waals surface area contributed by atoms with Gasteiger partial charge in [0.25, 0.3) is 5.91 Å². The summed E-state index contributed by atoms with van der Waals surface area (Å²) in [6, 6.07) is 12.7. The van der Waals surface area contributed by atoms with Crippen LogP contribution in [0.15, 0.2) is 42.6 Å². The zero-order chi connectivity index (χ0) is 22.0. The number of likely N-dealkylation sites (N-methyl/N-ethyl adjacent to an activating group) is 1. The standard InChI is InChI=1S/C27H37N3O/c1-19(2)10-11-21-7-5-8-23(17-21)25(27-14-12-22(13-15-27)18-30(27)4)29-26(31)24-9-6-16-28-20(24)3/h5-9,16-17,19,22,25H,10-15,18H2,1-4H3,(H,29,31). The molecule has 4 heteroatoms. The molecule has 1 atom stereocenters. The van der Waals surface area contributed by atoms with Crippen LogP contribution in [0.5, 0.6) is 0 Å². The van der Waals surface area contributed by atoms with Crippen molar-refractivity contribution < 1.29 is 4.79 Å². The van der Waals surface area contributed by atoms with E-state index in [0.717, 1.165) is 37.4 Å². The molecule has 1 N–H and O–H groups in total. The van der Waals surface area contributed by atoms with E-state index in [0.29, 0.717) is 11.5 Å². The third kappa shape index (κ3) is 4.55. The number of nitrogens with zero attached hydrogens (tertiary/aromatic N) is 2. The molecular weight excluding hydrogens is 382 g/mol. The molecule has 5 rings (SSSR count). The predicted octanol–water partition coefficient (Wildman–Crippen LogP) is 5.32. The summed E-state index contributed by atoms with van der Waals surface area (Å²) in [6.07, 6.45) is 8.81. The van der Waals surface area contributed by atoms with Gasteiger partial charge in [0, 0.05) is 24.0 Å². The molecule has 2 aliphatic heterocycles. The van der Waals surface area contributed by atoms with Gasteiger partial charge in [-0.15, -0.1) is 0 Å². The fraction of sp³-hybridized carbons (Fsp3) is 0.556. The minimum atomic E-state index is -0.0233. The quantitative estimate of drug-likeness (QED) is 0.660. The van der Waals surface area contributed by atoms with Gasteiger partial charge in [-0.1, -0.05) is 38.1 Å². The number of rotatable bonds is 7. The Balaban J connectivity index is 1.69. The van der Waals surface area contributed by atoms with E-state index in [2.05, 4.69) is 60.4 Å². The van der Waals surface area contributed by atoms with Crippen molar-refractivity contribution in [2.75, 3.05) is 13.6 Å². The average Bonchev–Trinajstić information content (AvgIpc) is 2.77. The third-order valence-corrected chi connectivity index (χ3v) is 7.62. The Morgan fingerprint density at radius 1 is 1.23 bits per heavy atom. The number of fused-ring (bicyclic) bond motifs is 3. The monoisotopic (exact) mass is 419 g/mol. The second-order valence-electron chi connectivity index (χ2n) is 10.1. The van der Waals surface area contributed by atoms with Gasteiger partial charge >= 0.3 is 0 Å². The summed E-state index contributed by atoms with van der Waals surface area (Å²) in [6.45, 7) is 7.59. The average molecular weight is 420 g/mol. The fourth-order valence-corrected chi connectivity index (χ4v) is 5.66. The van der Waals surface area contributed by atoms with Crippen LogP contribution in [0.4, 0.5) is 0 Å². The lowest BCUT2D eigenvalue weighted by Crippen LogP contribution is -2.62. The van der Waals surface area contributed by atoms with E-state index in [9.17, 15) is 4.79 Å². The minimum Gasteiger partial charge on any atom is -0.343 e. The molecule has 2 aromatic rings. The molecule has 2 bridgehead atoms. The van der Waals surface area contributed by atoms with E-state index < -0.39 is 0 Å². The van der Waals surface area contributed by atoms with Crippen molar-refractivity contribution in [3.8, 4) is 0 Å². The highest BCUT2D eigenvalue weighted by Gasteiger charge is 2.50. The Morgan fingerprint density at radius 3 is 2.68 bits per heavy atom. The van der Waals surface area contributed by atoms with Crippen molar-refractivity contribution in [2.24, 2.45) is 11.8 Å². The van der Waals surface area contributed by atoms with Gasteiger partial charge in [0.05, 0.1) is 11.6 Å². The number of amides is 1. The van der Waals surface area contributed by atoms with Crippen LogP contribution in [0.25, 0.3) is 0 Å². The van der Waals surface area contributed by atoms with Crippen molar-refractivity contribution in [3.63, 3.8) is 0 Å². The Labute approximate surface area is 187 Å². The topological polar surface area (TPSA) is 45.2 Å². The molecular formula is C27H37N3O. The minimum absolute atomic E-state index is 0.0151. The smallest absolute Gasteiger partial charge is 0.253 e. The van der Waals surface area contributed by atoms with Crippen LogP contribution < -0.4 is 5.32 Å². The van der Waals surface area contributed by atoms with E-state index in [1.807, 2.05) is 19.1 Å². The Hall–Kier alpha value is -2.20. The molecule has 4 nitrogen and oxygen atoms in total. The summed E-state index contributed by atoms with van der Waals surface area (Å²) in [5.41, 5.74) is 4.04. The molecule has 1 amide bonds. The largest absolute Gasteiger partial charge is 0.343 e. The SMILES string of the molecule is Cc1ncccc1C(=O)NC(c1cccc(CCC(C)C)c1)C12CCC(CC1)CN2C.